The minimum Gasteiger partial charge on any atom is -0.314 e. The number of hydrogen-bond acceptors (Lipinski definition) is 2. The van der Waals surface area contributed by atoms with Crippen molar-refractivity contribution in [2.45, 2.75) is 52.0 Å². The van der Waals surface area contributed by atoms with Crippen molar-refractivity contribution in [3.63, 3.8) is 0 Å². The van der Waals surface area contributed by atoms with Crippen LogP contribution >= 0.6 is 11.3 Å². The van der Waals surface area contributed by atoms with Crippen LogP contribution < -0.4 is 5.32 Å². The molecule has 0 amide bonds. The highest BCUT2D eigenvalue weighted by Crippen LogP contribution is 2.22. The van der Waals surface area contributed by atoms with Crippen LogP contribution in [0.2, 0.25) is 0 Å². The molecule has 1 aromatic heterocycles. The summed E-state index contributed by atoms with van der Waals surface area (Å²) in [6, 6.07) is 5.22. The van der Waals surface area contributed by atoms with Crippen LogP contribution in [-0.4, -0.2) is 12.6 Å². The SMILES string of the molecule is CCc1ccc(/C=C(/C)CC2CCCCN2)s1. The lowest BCUT2D eigenvalue weighted by atomic mass is 9.98. The summed E-state index contributed by atoms with van der Waals surface area (Å²) < 4.78 is 0. The van der Waals surface area contributed by atoms with E-state index < -0.39 is 0 Å². The second-order valence-corrected chi connectivity index (χ2v) is 6.20. The quantitative estimate of drug-likeness (QED) is 0.841. The predicted octanol–water partition coefficient (Wildman–Crippen LogP) is 4.25. The largest absolute Gasteiger partial charge is 0.314 e. The molecule has 1 N–H and O–H groups in total. The summed E-state index contributed by atoms with van der Waals surface area (Å²) in [5, 5.41) is 3.61. The van der Waals surface area contributed by atoms with E-state index >= 15 is 0 Å². The zero-order valence-corrected chi connectivity index (χ0v) is 11.8. The number of thiophene rings is 1. The van der Waals surface area contributed by atoms with Gasteiger partial charge in [-0.3, -0.25) is 0 Å². The van der Waals surface area contributed by atoms with E-state index in [-0.39, 0.29) is 0 Å². The minimum absolute atomic E-state index is 0.714. The molecule has 1 aliphatic heterocycles. The number of aryl methyl sites for hydroxylation is 1. The Morgan fingerprint density at radius 2 is 2.35 bits per heavy atom. The highest BCUT2D eigenvalue weighted by atomic mass is 32.1. The van der Waals surface area contributed by atoms with Crippen molar-refractivity contribution < 1.29 is 0 Å². The molecule has 94 valence electrons. The number of hydrogen-bond donors (Lipinski definition) is 1. The van der Waals surface area contributed by atoms with E-state index in [1.54, 1.807) is 0 Å². The van der Waals surface area contributed by atoms with Gasteiger partial charge in [0.1, 0.15) is 0 Å². The molecule has 17 heavy (non-hydrogen) atoms. The van der Waals surface area contributed by atoms with E-state index in [0.29, 0.717) is 6.04 Å². The maximum atomic E-state index is 3.61. The standard InChI is InChI=1S/C15H23NS/c1-3-14-7-8-15(17-14)11-12(2)10-13-6-4-5-9-16-13/h7-8,11,13,16H,3-6,9-10H2,1-2H3/b12-11-. The second kappa shape index (κ2) is 6.36. The van der Waals surface area contributed by atoms with Gasteiger partial charge in [0.15, 0.2) is 0 Å². The van der Waals surface area contributed by atoms with Crippen molar-refractivity contribution >= 4 is 17.4 Å². The third-order valence-corrected chi connectivity index (χ3v) is 4.58. The van der Waals surface area contributed by atoms with Crippen LogP contribution in [0.5, 0.6) is 0 Å². The van der Waals surface area contributed by atoms with E-state index in [0.717, 1.165) is 6.42 Å². The number of piperidine rings is 1. The Morgan fingerprint density at radius 3 is 3.00 bits per heavy atom. The maximum Gasteiger partial charge on any atom is 0.0272 e. The molecule has 2 heteroatoms. The molecule has 0 radical (unpaired) electrons. The van der Waals surface area contributed by atoms with Crippen LogP contribution in [-0.2, 0) is 6.42 Å². The van der Waals surface area contributed by atoms with Crippen molar-refractivity contribution in [1.29, 1.82) is 0 Å². The summed E-state index contributed by atoms with van der Waals surface area (Å²) in [5.74, 6) is 0. The Hall–Kier alpha value is -0.600. The first-order valence-electron chi connectivity index (χ1n) is 6.77. The topological polar surface area (TPSA) is 12.0 Å². The Kier molecular flexibility index (Phi) is 4.81. The first-order chi connectivity index (χ1) is 8.28. The highest BCUT2D eigenvalue weighted by molar-refractivity contribution is 7.12. The van der Waals surface area contributed by atoms with Crippen molar-refractivity contribution in [2.75, 3.05) is 6.54 Å². The van der Waals surface area contributed by atoms with Crippen LogP contribution in [0, 0.1) is 0 Å². The Labute approximate surface area is 109 Å². The third-order valence-electron chi connectivity index (χ3n) is 3.40. The van der Waals surface area contributed by atoms with Crippen molar-refractivity contribution in [3.8, 4) is 0 Å². The molecule has 0 spiro atoms. The molecular weight excluding hydrogens is 226 g/mol. The van der Waals surface area contributed by atoms with E-state index in [1.807, 2.05) is 11.3 Å². The maximum absolute atomic E-state index is 3.61. The average molecular weight is 249 g/mol. The lowest BCUT2D eigenvalue weighted by Crippen LogP contribution is -2.33. The van der Waals surface area contributed by atoms with Gasteiger partial charge in [0.25, 0.3) is 0 Å². The fourth-order valence-electron chi connectivity index (χ4n) is 2.45. The van der Waals surface area contributed by atoms with Gasteiger partial charge in [0.2, 0.25) is 0 Å². The molecule has 2 rings (SSSR count). The van der Waals surface area contributed by atoms with Crippen molar-refractivity contribution in [3.05, 3.63) is 27.5 Å². The summed E-state index contributed by atoms with van der Waals surface area (Å²) in [5.41, 5.74) is 1.51. The molecule has 0 aliphatic carbocycles. The van der Waals surface area contributed by atoms with Crippen LogP contribution in [0.4, 0.5) is 0 Å². The summed E-state index contributed by atoms with van der Waals surface area (Å²) in [4.78, 5) is 2.90. The summed E-state index contributed by atoms with van der Waals surface area (Å²) in [7, 11) is 0. The van der Waals surface area contributed by atoms with Gasteiger partial charge in [-0.25, -0.2) is 0 Å². The van der Waals surface area contributed by atoms with Gasteiger partial charge in [0, 0.05) is 15.8 Å². The Morgan fingerprint density at radius 1 is 1.47 bits per heavy atom. The average Bonchev–Trinajstić information content (AvgIpc) is 2.78. The van der Waals surface area contributed by atoms with Crippen LogP contribution in [0.3, 0.4) is 0 Å². The molecule has 1 aromatic rings. The molecule has 0 bridgehead atoms. The zero-order chi connectivity index (χ0) is 12.1. The number of rotatable bonds is 4. The van der Waals surface area contributed by atoms with Crippen LogP contribution in [0.15, 0.2) is 17.7 Å². The van der Waals surface area contributed by atoms with Gasteiger partial charge < -0.3 is 5.32 Å². The molecule has 1 fully saturated rings. The Balaban J connectivity index is 1.91. The van der Waals surface area contributed by atoms with Gasteiger partial charge in [0.05, 0.1) is 0 Å². The third kappa shape index (κ3) is 3.97. The van der Waals surface area contributed by atoms with Gasteiger partial charge >= 0.3 is 0 Å². The molecule has 1 aliphatic rings. The zero-order valence-electron chi connectivity index (χ0n) is 11.0. The first-order valence-corrected chi connectivity index (χ1v) is 7.59. The lowest BCUT2D eigenvalue weighted by molar-refractivity contribution is 0.399. The molecule has 0 saturated carbocycles. The Bertz CT molecular complexity index is 372. The lowest BCUT2D eigenvalue weighted by Gasteiger charge is -2.23. The molecule has 1 unspecified atom stereocenters. The molecule has 1 atom stereocenters. The molecule has 0 aromatic carbocycles. The molecule has 2 heterocycles. The van der Waals surface area contributed by atoms with Crippen LogP contribution in [0.25, 0.3) is 6.08 Å². The predicted molar refractivity (Wildman–Crippen MR) is 77.6 cm³/mol. The number of nitrogens with one attached hydrogen (secondary N) is 1. The summed E-state index contributed by atoms with van der Waals surface area (Å²) >= 11 is 1.93. The molecular formula is C15H23NS. The van der Waals surface area contributed by atoms with E-state index in [4.69, 9.17) is 0 Å². The van der Waals surface area contributed by atoms with Gasteiger partial charge in [-0.2, -0.15) is 0 Å². The van der Waals surface area contributed by atoms with E-state index in [9.17, 15) is 0 Å². The second-order valence-electron chi connectivity index (χ2n) is 5.00. The summed E-state index contributed by atoms with van der Waals surface area (Å²) in [6.07, 6.45) is 8.81. The van der Waals surface area contributed by atoms with Crippen molar-refractivity contribution in [2.24, 2.45) is 0 Å². The van der Waals surface area contributed by atoms with Crippen molar-refractivity contribution in [1.82, 2.24) is 5.32 Å². The fraction of sp³-hybridized carbons (Fsp3) is 0.600. The smallest absolute Gasteiger partial charge is 0.0272 e. The minimum atomic E-state index is 0.714. The normalized spacial score (nSPS) is 21.8. The molecule has 1 nitrogen and oxygen atoms in total. The van der Waals surface area contributed by atoms with E-state index in [1.165, 1.54) is 47.6 Å². The van der Waals surface area contributed by atoms with Crippen LogP contribution in [0.1, 0.15) is 49.3 Å². The summed E-state index contributed by atoms with van der Waals surface area (Å²) in [6.45, 7) is 5.69. The van der Waals surface area contributed by atoms with E-state index in [2.05, 4.69) is 37.4 Å². The van der Waals surface area contributed by atoms with Gasteiger partial charge in [-0.05, 0) is 57.4 Å². The van der Waals surface area contributed by atoms with Gasteiger partial charge in [-0.1, -0.05) is 18.9 Å². The fourth-order valence-corrected chi connectivity index (χ4v) is 3.43. The monoisotopic (exact) mass is 249 g/mol. The van der Waals surface area contributed by atoms with Gasteiger partial charge in [-0.15, -0.1) is 11.3 Å². The molecule has 1 saturated heterocycles. The highest BCUT2D eigenvalue weighted by Gasteiger charge is 2.12. The first kappa shape index (κ1) is 12.8.